The predicted molar refractivity (Wildman–Crippen MR) is 91.1 cm³/mol. The number of hydrogen-bond acceptors (Lipinski definition) is 5. The van der Waals surface area contributed by atoms with E-state index in [2.05, 4.69) is 20.8 Å². The fraction of sp³-hybridized carbons (Fsp3) is 0.556. The van der Waals surface area contributed by atoms with E-state index in [4.69, 9.17) is 4.74 Å². The maximum absolute atomic E-state index is 12.4. The molecule has 7 heteroatoms. The lowest BCUT2D eigenvalue weighted by Crippen LogP contribution is -2.67. The quantitative estimate of drug-likeness (QED) is 0.864. The summed E-state index contributed by atoms with van der Waals surface area (Å²) in [6.07, 6.45) is 6.79. The third kappa shape index (κ3) is 2.93. The first kappa shape index (κ1) is 16.2. The molecule has 1 spiro atoms. The fourth-order valence-electron chi connectivity index (χ4n) is 4.12. The average Bonchev–Trinajstić information content (AvgIpc) is 3.07. The molecule has 132 valence electrons. The number of tetrazole rings is 1. The summed E-state index contributed by atoms with van der Waals surface area (Å²) in [5.41, 5.74) is 2.06. The van der Waals surface area contributed by atoms with Crippen LogP contribution in [0.3, 0.4) is 0 Å². The first-order valence-electron chi connectivity index (χ1n) is 8.94. The minimum atomic E-state index is 0.0846. The van der Waals surface area contributed by atoms with Gasteiger partial charge in [-0.25, -0.2) is 4.68 Å². The van der Waals surface area contributed by atoms with E-state index >= 15 is 0 Å². The molecule has 25 heavy (non-hydrogen) atoms. The molecule has 0 unspecified atom stereocenters. The summed E-state index contributed by atoms with van der Waals surface area (Å²) < 4.78 is 7.43. The highest BCUT2D eigenvalue weighted by Gasteiger charge is 2.59. The van der Waals surface area contributed by atoms with Crippen LogP contribution in [0.4, 0.5) is 0 Å². The van der Waals surface area contributed by atoms with Crippen LogP contribution in [0.15, 0.2) is 30.6 Å². The predicted octanol–water partition coefficient (Wildman–Crippen LogP) is 1.67. The summed E-state index contributed by atoms with van der Waals surface area (Å²) in [6.45, 7) is 2.79. The molecule has 0 bridgehead atoms. The Bertz CT molecular complexity index is 724. The van der Waals surface area contributed by atoms with Crippen LogP contribution >= 0.6 is 0 Å². The van der Waals surface area contributed by atoms with Gasteiger partial charge in [0.15, 0.2) is 0 Å². The van der Waals surface area contributed by atoms with E-state index in [9.17, 15) is 4.79 Å². The van der Waals surface area contributed by atoms with E-state index in [0.717, 1.165) is 24.3 Å². The fourth-order valence-corrected chi connectivity index (χ4v) is 4.12. The van der Waals surface area contributed by atoms with Crippen molar-refractivity contribution >= 4 is 5.91 Å². The van der Waals surface area contributed by atoms with Crippen molar-refractivity contribution in [3.05, 3.63) is 36.2 Å². The number of amides is 1. The SMILES string of the molecule is CCO[C@@H]1C[C@H](NC(=O)Cc2ccc(-n3cnnn3)cc2)C12CCC2. The van der Waals surface area contributed by atoms with E-state index in [0.29, 0.717) is 12.5 Å². The number of benzene rings is 1. The lowest BCUT2D eigenvalue weighted by molar-refractivity contribution is -0.175. The zero-order valence-electron chi connectivity index (χ0n) is 14.4. The van der Waals surface area contributed by atoms with Gasteiger partial charge in [0.1, 0.15) is 6.33 Å². The monoisotopic (exact) mass is 341 g/mol. The molecule has 1 N–H and O–H groups in total. The van der Waals surface area contributed by atoms with Crippen molar-refractivity contribution in [2.24, 2.45) is 5.41 Å². The lowest BCUT2D eigenvalue weighted by atomic mass is 9.51. The largest absolute Gasteiger partial charge is 0.378 e. The summed E-state index contributed by atoms with van der Waals surface area (Å²) in [5.74, 6) is 0.0846. The Kier molecular flexibility index (Phi) is 4.25. The molecular formula is C18H23N5O2. The summed E-state index contributed by atoms with van der Waals surface area (Å²) in [7, 11) is 0. The third-order valence-corrected chi connectivity index (χ3v) is 5.69. The number of carbonyl (C=O) groups excluding carboxylic acids is 1. The van der Waals surface area contributed by atoms with Crippen molar-refractivity contribution < 1.29 is 9.53 Å². The van der Waals surface area contributed by atoms with Gasteiger partial charge in [-0.2, -0.15) is 0 Å². The van der Waals surface area contributed by atoms with E-state index in [1.807, 2.05) is 31.2 Å². The molecule has 0 radical (unpaired) electrons. The Morgan fingerprint density at radius 2 is 2.16 bits per heavy atom. The van der Waals surface area contributed by atoms with Crippen LogP contribution in [0.1, 0.15) is 38.2 Å². The van der Waals surface area contributed by atoms with Crippen LogP contribution in [-0.2, 0) is 16.0 Å². The molecule has 0 saturated heterocycles. The van der Waals surface area contributed by atoms with Crippen LogP contribution < -0.4 is 5.32 Å². The van der Waals surface area contributed by atoms with E-state index in [1.165, 1.54) is 19.3 Å². The van der Waals surface area contributed by atoms with Gasteiger partial charge in [-0.1, -0.05) is 18.6 Å². The molecule has 2 atom stereocenters. The highest BCUT2D eigenvalue weighted by molar-refractivity contribution is 5.79. The highest BCUT2D eigenvalue weighted by atomic mass is 16.5. The van der Waals surface area contributed by atoms with Crippen molar-refractivity contribution in [1.82, 2.24) is 25.5 Å². The number of carbonyl (C=O) groups is 1. The van der Waals surface area contributed by atoms with Gasteiger partial charge in [-0.05, 0) is 54.3 Å². The summed E-state index contributed by atoms with van der Waals surface area (Å²) in [5, 5.41) is 14.3. The second-order valence-corrected chi connectivity index (χ2v) is 6.98. The first-order chi connectivity index (χ1) is 12.2. The van der Waals surface area contributed by atoms with E-state index < -0.39 is 0 Å². The molecule has 1 heterocycles. The standard InChI is InChI=1S/C18H23N5O2/c1-2-25-16-11-15(18(16)8-3-9-18)20-17(24)10-13-4-6-14(7-5-13)23-12-19-21-22-23/h4-7,12,15-16H,2-3,8-11H2,1H3,(H,20,24)/t15-,16+/m0/s1. The Balaban J connectivity index is 1.34. The van der Waals surface area contributed by atoms with Crippen LogP contribution in [-0.4, -0.2) is 44.9 Å². The highest BCUT2D eigenvalue weighted by Crippen LogP contribution is 2.57. The molecule has 2 saturated carbocycles. The van der Waals surface area contributed by atoms with E-state index in [-0.39, 0.29) is 17.4 Å². The second kappa shape index (κ2) is 6.55. The average molecular weight is 341 g/mol. The molecular weight excluding hydrogens is 318 g/mol. The van der Waals surface area contributed by atoms with Crippen molar-refractivity contribution in [1.29, 1.82) is 0 Å². The van der Waals surface area contributed by atoms with Crippen LogP contribution in [0.25, 0.3) is 5.69 Å². The van der Waals surface area contributed by atoms with Crippen LogP contribution in [0.2, 0.25) is 0 Å². The summed E-state index contributed by atoms with van der Waals surface area (Å²) >= 11 is 0. The molecule has 1 aromatic carbocycles. The number of ether oxygens (including phenoxy) is 1. The molecule has 7 nitrogen and oxygen atoms in total. The van der Waals surface area contributed by atoms with E-state index in [1.54, 1.807) is 11.0 Å². The minimum Gasteiger partial charge on any atom is -0.378 e. The number of nitrogens with zero attached hydrogens (tertiary/aromatic N) is 4. The number of aromatic nitrogens is 4. The zero-order chi connectivity index (χ0) is 17.3. The van der Waals surface area contributed by atoms with Gasteiger partial charge in [-0.15, -0.1) is 5.10 Å². The van der Waals surface area contributed by atoms with Gasteiger partial charge < -0.3 is 10.1 Å². The second-order valence-electron chi connectivity index (χ2n) is 6.98. The zero-order valence-corrected chi connectivity index (χ0v) is 14.4. The van der Waals surface area contributed by atoms with Crippen molar-refractivity contribution in [3.8, 4) is 5.69 Å². The minimum absolute atomic E-state index is 0.0846. The number of hydrogen-bond donors (Lipinski definition) is 1. The number of nitrogens with one attached hydrogen (secondary N) is 1. The van der Waals surface area contributed by atoms with Crippen molar-refractivity contribution in [2.75, 3.05) is 6.61 Å². The number of rotatable bonds is 6. The van der Waals surface area contributed by atoms with Gasteiger partial charge in [0.25, 0.3) is 0 Å². The lowest BCUT2D eigenvalue weighted by Gasteiger charge is -2.61. The molecule has 4 rings (SSSR count). The molecule has 2 aromatic rings. The van der Waals surface area contributed by atoms with Gasteiger partial charge in [-0.3, -0.25) is 4.79 Å². The Morgan fingerprint density at radius 1 is 1.36 bits per heavy atom. The van der Waals surface area contributed by atoms with Crippen LogP contribution in [0, 0.1) is 5.41 Å². The third-order valence-electron chi connectivity index (χ3n) is 5.69. The smallest absolute Gasteiger partial charge is 0.224 e. The van der Waals surface area contributed by atoms with Gasteiger partial charge in [0.05, 0.1) is 18.2 Å². The topological polar surface area (TPSA) is 81.9 Å². The van der Waals surface area contributed by atoms with Crippen LogP contribution in [0.5, 0.6) is 0 Å². The Labute approximate surface area is 146 Å². The van der Waals surface area contributed by atoms with Gasteiger partial charge >= 0.3 is 0 Å². The molecule has 2 aliphatic rings. The van der Waals surface area contributed by atoms with Gasteiger partial charge in [0, 0.05) is 18.1 Å². The molecule has 0 aliphatic heterocycles. The maximum Gasteiger partial charge on any atom is 0.224 e. The Hall–Kier alpha value is -2.28. The maximum atomic E-state index is 12.4. The summed E-state index contributed by atoms with van der Waals surface area (Å²) in [6, 6.07) is 7.99. The molecule has 1 aromatic heterocycles. The molecule has 2 fully saturated rings. The van der Waals surface area contributed by atoms with Crippen molar-refractivity contribution in [2.45, 2.75) is 51.2 Å². The van der Waals surface area contributed by atoms with Crippen molar-refractivity contribution in [3.63, 3.8) is 0 Å². The molecule has 2 aliphatic carbocycles. The summed E-state index contributed by atoms with van der Waals surface area (Å²) in [4.78, 5) is 12.4. The molecule has 1 amide bonds. The first-order valence-corrected chi connectivity index (χ1v) is 8.94. The normalized spacial score (nSPS) is 23.7. The van der Waals surface area contributed by atoms with Gasteiger partial charge in [0.2, 0.25) is 5.91 Å². The Morgan fingerprint density at radius 3 is 2.76 bits per heavy atom.